The number of ether oxygens (including phenoxy) is 2. The molecule has 0 N–H and O–H groups in total. The summed E-state index contributed by atoms with van der Waals surface area (Å²) in [5, 5.41) is 0. The van der Waals surface area contributed by atoms with E-state index in [-0.39, 0.29) is 4.83 Å². The molecule has 0 aliphatic rings. The molecule has 0 amide bonds. The summed E-state index contributed by atoms with van der Waals surface area (Å²) >= 11 is 7.27. The molecule has 0 aromatic heterocycles. The summed E-state index contributed by atoms with van der Waals surface area (Å²) in [6.45, 7) is 2.10. The predicted octanol–water partition coefficient (Wildman–Crippen LogP) is 5.26. The Hall–Kier alpha value is -1.00. The number of methoxy groups -OCH3 is 2. The molecular formula is C16H16Br2O2. The fourth-order valence-electron chi connectivity index (χ4n) is 2.13. The molecule has 2 aromatic carbocycles. The number of halogens is 2. The molecule has 2 rings (SSSR count). The summed E-state index contributed by atoms with van der Waals surface area (Å²) in [5.74, 6) is 1.66. The first-order valence-electron chi connectivity index (χ1n) is 6.19. The van der Waals surface area contributed by atoms with E-state index in [0.29, 0.717) is 0 Å². The van der Waals surface area contributed by atoms with Gasteiger partial charge in [0.15, 0.2) is 0 Å². The quantitative estimate of drug-likeness (QED) is 0.653. The van der Waals surface area contributed by atoms with Crippen molar-refractivity contribution in [1.29, 1.82) is 0 Å². The Morgan fingerprint density at radius 2 is 1.70 bits per heavy atom. The van der Waals surface area contributed by atoms with E-state index in [1.54, 1.807) is 14.2 Å². The molecule has 1 unspecified atom stereocenters. The van der Waals surface area contributed by atoms with Crippen molar-refractivity contribution in [3.63, 3.8) is 0 Å². The Balaban J connectivity index is 2.48. The van der Waals surface area contributed by atoms with Crippen LogP contribution in [-0.2, 0) is 0 Å². The number of hydrogen-bond acceptors (Lipinski definition) is 2. The monoisotopic (exact) mass is 398 g/mol. The van der Waals surface area contributed by atoms with Gasteiger partial charge in [0.05, 0.1) is 19.0 Å². The van der Waals surface area contributed by atoms with Crippen LogP contribution in [0, 0.1) is 6.92 Å². The predicted molar refractivity (Wildman–Crippen MR) is 89.2 cm³/mol. The van der Waals surface area contributed by atoms with Gasteiger partial charge in [0.1, 0.15) is 11.5 Å². The molecule has 0 bridgehead atoms. The number of alkyl halides is 1. The highest BCUT2D eigenvalue weighted by Gasteiger charge is 2.18. The molecule has 0 spiro atoms. The maximum Gasteiger partial charge on any atom is 0.123 e. The average molecular weight is 400 g/mol. The van der Waals surface area contributed by atoms with E-state index >= 15 is 0 Å². The van der Waals surface area contributed by atoms with Gasteiger partial charge < -0.3 is 9.47 Å². The molecule has 2 nitrogen and oxygen atoms in total. The fraction of sp³-hybridized carbons (Fsp3) is 0.250. The van der Waals surface area contributed by atoms with Crippen molar-refractivity contribution >= 4 is 31.9 Å². The maximum atomic E-state index is 5.46. The Morgan fingerprint density at radius 1 is 0.950 bits per heavy atom. The lowest BCUT2D eigenvalue weighted by Crippen LogP contribution is -2.00. The van der Waals surface area contributed by atoms with Crippen LogP contribution >= 0.6 is 31.9 Å². The van der Waals surface area contributed by atoms with Gasteiger partial charge in [0.25, 0.3) is 0 Å². The number of rotatable bonds is 4. The lowest BCUT2D eigenvalue weighted by molar-refractivity contribution is 0.399. The number of aryl methyl sites for hydroxylation is 1. The van der Waals surface area contributed by atoms with Crippen LogP contribution in [0.2, 0.25) is 0 Å². The summed E-state index contributed by atoms with van der Waals surface area (Å²) in [6, 6.07) is 12.1. The Kier molecular flexibility index (Phi) is 5.11. The van der Waals surface area contributed by atoms with Crippen molar-refractivity contribution < 1.29 is 9.47 Å². The van der Waals surface area contributed by atoms with Crippen molar-refractivity contribution in [3.8, 4) is 11.5 Å². The minimum atomic E-state index is 0.0562. The van der Waals surface area contributed by atoms with Crippen LogP contribution in [0.4, 0.5) is 0 Å². The van der Waals surface area contributed by atoms with Crippen LogP contribution in [0.5, 0.6) is 11.5 Å². The summed E-state index contributed by atoms with van der Waals surface area (Å²) in [7, 11) is 3.35. The summed E-state index contributed by atoms with van der Waals surface area (Å²) in [5.41, 5.74) is 3.48. The third kappa shape index (κ3) is 3.18. The third-order valence-electron chi connectivity index (χ3n) is 3.21. The van der Waals surface area contributed by atoms with Gasteiger partial charge in [-0.1, -0.05) is 37.9 Å². The van der Waals surface area contributed by atoms with E-state index in [1.807, 2.05) is 24.3 Å². The van der Waals surface area contributed by atoms with Gasteiger partial charge in [-0.25, -0.2) is 0 Å². The second-order valence-electron chi connectivity index (χ2n) is 4.47. The molecule has 0 aliphatic heterocycles. The molecule has 0 aliphatic carbocycles. The number of hydrogen-bond donors (Lipinski definition) is 0. The van der Waals surface area contributed by atoms with Crippen LogP contribution in [0.25, 0.3) is 0 Å². The van der Waals surface area contributed by atoms with Crippen molar-refractivity contribution in [2.24, 2.45) is 0 Å². The zero-order valence-electron chi connectivity index (χ0n) is 11.6. The molecule has 1 atom stereocenters. The zero-order valence-corrected chi connectivity index (χ0v) is 14.8. The molecule has 0 heterocycles. The van der Waals surface area contributed by atoms with Gasteiger partial charge in [0.2, 0.25) is 0 Å². The van der Waals surface area contributed by atoms with E-state index < -0.39 is 0 Å². The van der Waals surface area contributed by atoms with Crippen LogP contribution in [0.15, 0.2) is 40.9 Å². The molecule has 0 fully saturated rings. The smallest absolute Gasteiger partial charge is 0.123 e. The first kappa shape index (κ1) is 15.4. The van der Waals surface area contributed by atoms with E-state index in [0.717, 1.165) is 21.5 Å². The molecule has 0 saturated carbocycles. The Bertz CT molecular complexity index is 611. The standard InChI is InChI=1S/C16H16Br2O2/c1-10-8-11(17)4-6-13(10)16(18)14-9-12(19-2)5-7-15(14)20-3/h4-9,16H,1-3H3. The van der Waals surface area contributed by atoms with Crippen LogP contribution < -0.4 is 9.47 Å². The van der Waals surface area contributed by atoms with Gasteiger partial charge >= 0.3 is 0 Å². The summed E-state index contributed by atoms with van der Waals surface area (Å²) in [6.07, 6.45) is 0. The largest absolute Gasteiger partial charge is 0.497 e. The zero-order chi connectivity index (χ0) is 14.7. The lowest BCUT2D eigenvalue weighted by Gasteiger charge is -2.18. The van der Waals surface area contributed by atoms with Gasteiger partial charge in [0, 0.05) is 10.0 Å². The fourth-order valence-corrected chi connectivity index (χ4v) is 3.48. The molecule has 20 heavy (non-hydrogen) atoms. The highest BCUT2D eigenvalue weighted by Crippen LogP contribution is 2.40. The second-order valence-corrected chi connectivity index (χ2v) is 6.30. The minimum Gasteiger partial charge on any atom is -0.497 e. The summed E-state index contributed by atoms with van der Waals surface area (Å²) in [4.78, 5) is 0.0562. The van der Waals surface area contributed by atoms with Gasteiger partial charge in [-0.3, -0.25) is 0 Å². The molecule has 0 saturated heterocycles. The van der Waals surface area contributed by atoms with E-state index in [9.17, 15) is 0 Å². The maximum absolute atomic E-state index is 5.46. The van der Waals surface area contributed by atoms with Crippen LogP contribution in [-0.4, -0.2) is 14.2 Å². The van der Waals surface area contributed by atoms with Crippen molar-refractivity contribution in [2.75, 3.05) is 14.2 Å². The topological polar surface area (TPSA) is 18.5 Å². The van der Waals surface area contributed by atoms with Crippen molar-refractivity contribution in [1.82, 2.24) is 0 Å². The molecular weight excluding hydrogens is 384 g/mol. The normalized spacial score (nSPS) is 12.1. The molecule has 0 radical (unpaired) electrons. The van der Waals surface area contributed by atoms with E-state index in [2.05, 4.69) is 50.9 Å². The lowest BCUT2D eigenvalue weighted by atomic mass is 9.99. The van der Waals surface area contributed by atoms with E-state index in [4.69, 9.17) is 9.47 Å². The first-order chi connectivity index (χ1) is 9.56. The van der Waals surface area contributed by atoms with Gasteiger partial charge in [-0.05, 0) is 48.4 Å². The number of benzene rings is 2. The molecule has 4 heteroatoms. The van der Waals surface area contributed by atoms with Crippen LogP contribution in [0.1, 0.15) is 21.5 Å². The minimum absolute atomic E-state index is 0.0562. The highest BCUT2D eigenvalue weighted by molar-refractivity contribution is 9.10. The van der Waals surface area contributed by atoms with Crippen molar-refractivity contribution in [3.05, 3.63) is 57.6 Å². The van der Waals surface area contributed by atoms with Crippen LogP contribution in [0.3, 0.4) is 0 Å². The average Bonchev–Trinajstić information content (AvgIpc) is 2.46. The third-order valence-corrected chi connectivity index (χ3v) is 4.69. The van der Waals surface area contributed by atoms with E-state index in [1.165, 1.54) is 11.1 Å². The Labute approximate surface area is 136 Å². The SMILES string of the molecule is COc1ccc(OC)c(C(Br)c2ccc(Br)cc2C)c1. The molecule has 106 valence electrons. The second kappa shape index (κ2) is 6.64. The van der Waals surface area contributed by atoms with Gasteiger partial charge in [-0.15, -0.1) is 0 Å². The summed E-state index contributed by atoms with van der Waals surface area (Å²) < 4.78 is 11.8. The first-order valence-corrected chi connectivity index (χ1v) is 7.89. The van der Waals surface area contributed by atoms with Crippen molar-refractivity contribution in [2.45, 2.75) is 11.8 Å². The highest BCUT2D eigenvalue weighted by atomic mass is 79.9. The van der Waals surface area contributed by atoms with Gasteiger partial charge in [-0.2, -0.15) is 0 Å². The Morgan fingerprint density at radius 3 is 2.30 bits per heavy atom. The molecule has 2 aromatic rings.